The summed E-state index contributed by atoms with van der Waals surface area (Å²) < 4.78 is 10.5. The van der Waals surface area contributed by atoms with Crippen LogP contribution in [0.3, 0.4) is 0 Å². The van der Waals surface area contributed by atoms with Gasteiger partial charge in [0.2, 0.25) is 11.8 Å². The zero-order valence-electron chi connectivity index (χ0n) is 16.0. The Morgan fingerprint density at radius 2 is 1.86 bits per heavy atom. The highest BCUT2D eigenvalue weighted by molar-refractivity contribution is 6.02. The highest BCUT2D eigenvalue weighted by Crippen LogP contribution is 2.36. The molecule has 28 heavy (non-hydrogen) atoms. The van der Waals surface area contributed by atoms with E-state index in [2.05, 4.69) is 10.3 Å². The number of ether oxygens (including phenoxy) is 2. The summed E-state index contributed by atoms with van der Waals surface area (Å²) in [5.41, 5.74) is 20.9. The summed E-state index contributed by atoms with van der Waals surface area (Å²) in [7, 11) is 3.04. The predicted molar refractivity (Wildman–Crippen MR) is 108 cm³/mol. The Balaban J connectivity index is 1.99. The fourth-order valence-corrected chi connectivity index (χ4v) is 3.02. The molecule has 0 unspecified atom stereocenters. The van der Waals surface area contributed by atoms with Crippen molar-refractivity contribution in [2.24, 2.45) is 11.5 Å². The Morgan fingerprint density at radius 3 is 2.46 bits per heavy atom. The summed E-state index contributed by atoms with van der Waals surface area (Å²) in [6, 6.07) is 9.01. The van der Waals surface area contributed by atoms with Crippen molar-refractivity contribution in [3.05, 3.63) is 41.6 Å². The smallest absolute Gasteiger partial charge is 0.269 e. The number of aromatic nitrogens is 1. The number of carbonyl (C=O) groups excluding carboxylic acids is 1. The lowest BCUT2D eigenvalue weighted by Crippen LogP contribution is -2.42. The normalized spacial score (nSPS) is 14.6. The van der Waals surface area contributed by atoms with Gasteiger partial charge in [-0.05, 0) is 25.3 Å². The van der Waals surface area contributed by atoms with Gasteiger partial charge in [-0.1, -0.05) is 18.2 Å². The fraction of sp³-hybridized carbons (Fsp3) is 0.300. The van der Waals surface area contributed by atoms with Gasteiger partial charge in [0.1, 0.15) is 5.70 Å². The van der Waals surface area contributed by atoms with Crippen LogP contribution in [0.25, 0.3) is 16.8 Å². The number of nitrogen functional groups attached to an aromatic ring is 1. The number of carbonyl (C=O) groups is 1. The van der Waals surface area contributed by atoms with Crippen LogP contribution in [0.1, 0.15) is 24.8 Å². The van der Waals surface area contributed by atoms with Crippen LogP contribution in [0.2, 0.25) is 0 Å². The number of anilines is 1. The average Bonchev–Trinajstić information content (AvgIpc) is 2.69. The summed E-state index contributed by atoms with van der Waals surface area (Å²) in [6.45, 7) is 0. The molecule has 0 atom stereocenters. The number of rotatable bonds is 6. The van der Waals surface area contributed by atoms with E-state index >= 15 is 0 Å². The first kappa shape index (κ1) is 19.3. The van der Waals surface area contributed by atoms with E-state index in [1.54, 1.807) is 24.3 Å². The standard InChI is InChI=1S/C20H25N5O3/c1-27-15-10-9-13(20(25-15)28-2)12-7-4-8-14(16(12)21)17(22)18(23)19(26)24-11-5-3-6-11/h4,7-11H,3,5-6,21-23H2,1-2H3,(H,24,26)/b18-17+. The number of nitrogens with two attached hydrogens (primary N) is 3. The van der Waals surface area contributed by atoms with Gasteiger partial charge in [0.05, 0.1) is 19.9 Å². The van der Waals surface area contributed by atoms with Crippen LogP contribution in [-0.2, 0) is 4.79 Å². The summed E-state index contributed by atoms with van der Waals surface area (Å²) >= 11 is 0. The average molecular weight is 383 g/mol. The molecule has 7 N–H and O–H groups in total. The lowest BCUT2D eigenvalue weighted by Gasteiger charge is -2.26. The second-order valence-electron chi connectivity index (χ2n) is 6.61. The number of nitrogens with zero attached hydrogens (tertiary/aromatic N) is 1. The molecular weight excluding hydrogens is 358 g/mol. The summed E-state index contributed by atoms with van der Waals surface area (Å²) in [6.07, 6.45) is 3.03. The van der Waals surface area contributed by atoms with Crippen LogP contribution in [-0.4, -0.2) is 31.2 Å². The second kappa shape index (κ2) is 8.08. The minimum atomic E-state index is -0.379. The number of hydrogen-bond donors (Lipinski definition) is 4. The first-order chi connectivity index (χ1) is 13.5. The van der Waals surface area contributed by atoms with Crippen LogP contribution in [0.5, 0.6) is 11.8 Å². The lowest BCUT2D eigenvalue weighted by atomic mass is 9.93. The Hall–Kier alpha value is -3.42. The Kier molecular flexibility index (Phi) is 5.58. The van der Waals surface area contributed by atoms with E-state index in [0.29, 0.717) is 34.1 Å². The number of hydrogen-bond acceptors (Lipinski definition) is 7. The van der Waals surface area contributed by atoms with Crippen LogP contribution in [0, 0.1) is 0 Å². The van der Waals surface area contributed by atoms with E-state index in [0.717, 1.165) is 19.3 Å². The molecule has 0 spiro atoms. The first-order valence-corrected chi connectivity index (χ1v) is 9.00. The van der Waals surface area contributed by atoms with Crippen molar-refractivity contribution in [2.45, 2.75) is 25.3 Å². The maximum atomic E-state index is 12.3. The van der Waals surface area contributed by atoms with E-state index in [1.807, 2.05) is 6.07 Å². The monoisotopic (exact) mass is 383 g/mol. The molecule has 8 heteroatoms. The molecule has 1 fully saturated rings. The predicted octanol–water partition coefficient (Wildman–Crippen LogP) is 1.60. The summed E-state index contributed by atoms with van der Waals surface area (Å²) in [4.78, 5) is 16.6. The largest absolute Gasteiger partial charge is 0.481 e. The molecule has 0 aliphatic heterocycles. The molecule has 1 aliphatic carbocycles. The van der Waals surface area contributed by atoms with Crippen LogP contribution in [0.15, 0.2) is 36.0 Å². The van der Waals surface area contributed by atoms with Gasteiger partial charge in [0.15, 0.2) is 0 Å². The molecule has 0 saturated heterocycles. The number of methoxy groups -OCH3 is 2. The molecule has 0 bridgehead atoms. The molecule has 3 rings (SSSR count). The number of nitrogens with one attached hydrogen (secondary N) is 1. The maximum absolute atomic E-state index is 12.3. The zero-order chi connectivity index (χ0) is 20.3. The van der Waals surface area contributed by atoms with Gasteiger partial charge in [0, 0.05) is 34.5 Å². The van der Waals surface area contributed by atoms with Crippen molar-refractivity contribution < 1.29 is 14.3 Å². The number of benzene rings is 1. The Labute approximate surface area is 163 Å². The van der Waals surface area contributed by atoms with Gasteiger partial charge in [-0.2, -0.15) is 4.98 Å². The van der Waals surface area contributed by atoms with E-state index in [-0.39, 0.29) is 23.3 Å². The SMILES string of the molecule is COc1ccc(-c2cccc(/C(N)=C(\N)C(=O)NC3CCC3)c2N)c(OC)n1. The second-order valence-corrected chi connectivity index (χ2v) is 6.61. The third kappa shape index (κ3) is 3.66. The van der Waals surface area contributed by atoms with Crippen molar-refractivity contribution in [1.29, 1.82) is 0 Å². The number of amides is 1. The molecule has 1 aromatic heterocycles. The van der Waals surface area contributed by atoms with Crippen LogP contribution >= 0.6 is 0 Å². The topological polar surface area (TPSA) is 139 Å². The fourth-order valence-electron chi connectivity index (χ4n) is 3.02. The maximum Gasteiger partial charge on any atom is 0.269 e. The quantitative estimate of drug-likeness (QED) is 0.439. The van der Waals surface area contributed by atoms with Gasteiger partial charge in [-0.3, -0.25) is 4.79 Å². The molecule has 1 amide bonds. The van der Waals surface area contributed by atoms with Gasteiger partial charge in [0.25, 0.3) is 5.91 Å². The van der Waals surface area contributed by atoms with Gasteiger partial charge < -0.3 is 32.0 Å². The molecule has 8 nitrogen and oxygen atoms in total. The minimum absolute atomic E-state index is 0.0458. The highest BCUT2D eigenvalue weighted by Gasteiger charge is 2.22. The lowest BCUT2D eigenvalue weighted by molar-refractivity contribution is -0.118. The number of pyridine rings is 1. The zero-order valence-corrected chi connectivity index (χ0v) is 16.0. The third-order valence-electron chi connectivity index (χ3n) is 4.90. The van der Waals surface area contributed by atoms with Crippen molar-refractivity contribution >= 4 is 17.3 Å². The van der Waals surface area contributed by atoms with E-state index in [9.17, 15) is 4.79 Å². The van der Waals surface area contributed by atoms with Gasteiger partial charge in [-0.25, -0.2) is 0 Å². The highest BCUT2D eigenvalue weighted by atomic mass is 16.5. The Morgan fingerprint density at radius 1 is 1.11 bits per heavy atom. The molecule has 1 heterocycles. The molecule has 2 aromatic rings. The Bertz CT molecular complexity index is 922. The minimum Gasteiger partial charge on any atom is -0.481 e. The molecule has 1 aromatic carbocycles. The van der Waals surface area contributed by atoms with Gasteiger partial charge >= 0.3 is 0 Å². The summed E-state index contributed by atoms with van der Waals surface area (Å²) in [5.74, 6) is 0.406. The molecule has 1 aliphatic rings. The van der Waals surface area contributed by atoms with Crippen molar-refractivity contribution in [3.8, 4) is 22.9 Å². The molecule has 0 radical (unpaired) electrons. The summed E-state index contributed by atoms with van der Waals surface area (Å²) in [5, 5.41) is 2.88. The van der Waals surface area contributed by atoms with Crippen molar-refractivity contribution in [2.75, 3.05) is 20.0 Å². The van der Waals surface area contributed by atoms with Crippen molar-refractivity contribution in [1.82, 2.24) is 10.3 Å². The van der Waals surface area contributed by atoms with E-state index in [4.69, 9.17) is 26.7 Å². The molecule has 1 saturated carbocycles. The van der Waals surface area contributed by atoms with E-state index < -0.39 is 0 Å². The molecule has 148 valence electrons. The van der Waals surface area contributed by atoms with E-state index in [1.165, 1.54) is 14.2 Å². The van der Waals surface area contributed by atoms with Crippen LogP contribution in [0.4, 0.5) is 5.69 Å². The van der Waals surface area contributed by atoms with Crippen molar-refractivity contribution in [3.63, 3.8) is 0 Å². The van der Waals surface area contributed by atoms with Crippen LogP contribution < -0.4 is 32.0 Å². The molecular formula is C20H25N5O3. The third-order valence-corrected chi connectivity index (χ3v) is 4.90. The first-order valence-electron chi connectivity index (χ1n) is 9.00. The number of para-hydroxylation sites is 1. The van der Waals surface area contributed by atoms with Gasteiger partial charge in [-0.15, -0.1) is 0 Å².